The molecule has 2 heteroatoms. The van der Waals surface area contributed by atoms with Gasteiger partial charge in [0.2, 0.25) is 0 Å². The van der Waals surface area contributed by atoms with E-state index in [0.717, 1.165) is 18.5 Å². The van der Waals surface area contributed by atoms with E-state index in [1.807, 2.05) is 7.05 Å². The standard InChI is InChI=1S/C12H26N2/c1-11-5-7-12(8-6-11)14(3)10-4-9-13-2/h11-13H,4-10H2,1-3H3/t11-,12-. The zero-order valence-corrected chi connectivity index (χ0v) is 10.1. The maximum absolute atomic E-state index is 3.21. The summed E-state index contributed by atoms with van der Waals surface area (Å²) in [5, 5.41) is 3.21. The Morgan fingerprint density at radius 3 is 2.43 bits per heavy atom. The third-order valence-corrected chi connectivity index (χ3v) is 3.55. The van der Waals surface area contributed by atoms with Gasteiger partial charge in [0.15, 0.2) is 0 Å². The summed E-state index contributed by atoms with van der Waals surface area (Å²) in [4.78, 5) is 2.56. The summed E-state index contributed by atoms with van der Waals surface area (Å²) >= 11 is 0. The summed E-state index contributed by atoms with van der Waals surface area (Å²) < 4.78 is 0. The van der Waals surface area contributed by atoms with E-state index in [0.29, 0.717) is 0 Å². The normalized spacial score (nSPS) is 28.3. The zero-order chi connectivity index (χ0) is 10.4. The van der Waals surface area contributed by atoms with Crippen molar-refractivity contribution in [2.45, 2.75) is 45.1 Å². The molecular formula is C12H26N2. The van der Waals surface area contributed by atoms with Crippen LogP contribution in [0.5, 0.6) is 0 Å². The molecule has 0 aromatic heterocycles. The second-order valence-corrected chi connectivity index (χ2v) is 4.85. The van der Waals surface area contributed by atoms with Gasteiger partial charge >= 0.3 is 0 Å². The highest BCUT2D eigenvalue weighted by Gasteiger charge is 2.20. The third-order valence-electron chi connectivity index (χ3n) is 3.55. The first-order chi connectivity index (χ1) is 6.74. The molecule has 1 aliphatic carbocycles. The van der Waals surface area contributed by atoms with Crippen molar-refractivity contribution in [3.8, 4) is 0 Å². The Morgan fingerprint density at radius 1 is 1.21 bits per heavy atom. The summed E-state index contributed by atoms with van der Waals surface area (Å²) in [6.45, 7) is 4.78. The van der Waals surface area contributed by atoms with Crippen LogP contribution in [0.3, 0.4) is 0 Å². The molecule has 0 saturated heterocycles. The van der Waals surface area contributed by atoms with Crippen LogP contribution in [0.25, 0.3) is 0 Å². The van der Waals surface area contributed by atoms with Gasteiger partial charge in [0.1, 0.15) is 0 Å². The Morgan fingerprint density at radius 2 is 1.86 bits per heavy atom. The molecule has 0 heterocycles. The van der Waals surface area contributed by atoms with Crippen molar-refractivity contribution in [3.63, 3.8) is 0 Å². The van der Waals surface area contributed by atoms with Crippen LogP contribution < -0.4 is 5.32 Å². The Labute approximate surface area is 89.1 Å². The third kappa shape index (κ3) is 3.97. The average Bonchev–Trinajstić information content (AvgIpc) is 2.19. The van der Waals surface area contributed by atoms with E-state index in [1.54, 1.807) is 0 Å². The van der Waals surface area contributed by atoms with Crippen molar-refractivity contribution in [2.75, 3.05) is 27.2 Å². The smallest absolute Gasteiger partial charge is 0.00924 e. The van der Waals surface area contributed by atoms with Gasteiger partial charge in [-0.05, 0) is 65.2 Å². The van der Waals surface area contributed by atoms with E-state index in [2.05, 4.69) is 24.2 Å². The summed E-state index contributed by atoms with van der Waals surface area (Å²) in [5.41, 5.74) is 0. The molecular weight excluding hydrogens is 172 g/mol. The maximum Gasteiger partial charge on any atom is 0.00924 e. The Kier molecular flexibility index (Phi) is 5.49. The minimum Gasteiger partial charge on any atom is -0.320 e. The molecule has 1 saturated carbocycles. The number of nitrogens with one attached hydrogen (secondary N) is 1. The highest BCUT2D eigenvalue weighted by atomic mass is 15.1. The zero-order valence-electron chi connectivity index (χ0n) is 10.1. The van der Waals surface area contributed by atoms with Crippen LogP contribution in [0.2, 0.25) is 0 Å². The van der Waals surface area contributed by atoms with Gasteiger partial charge in [-0.3, -0.25) is 0 Å². The van der Waals surface area contributed by atoms with Gasteiger partial charge in [-0.2, -0.15) is 0 Å². The van der Waals surface area contributed by atoms with Gasteiger partial charge in [-0.1, -0.05) is 6.92 Å². The molecule has 14 heavy (non-hydrogen) atoms. The first kappa shape index (κ1) is 12.0. The monoisotopic (exact) mass is 198 g/mol. The molecule has 0 radical (unpaired) electrons. The van der Waals surface area contributed by atoms with Crippen molar-refractivity contribution in [1.82, 2.24) is 10.2 Å². The molecule has 0 bridgehead atoms. The fourth-order valence-electron chi connectivity index (χ4n) is 2.37. The maximum atomic E-state index is 3.21. The Hall–Kier alpha value is -0.0800. The second-order valence-electron chi connectivity index (χ2n) is 4.85. The lowest BCUT2D eigenvalue weighted by Crippen LogP contribution is -2.36. The van der Waals surface area contributed by atoms with Crippen LogP contribution in [0, 0.1) is 5.92 Å². The predicted octanol–water partition coefficient (Wildman–Crippen LogP) is 2.11. The largest absolute Gasteiger partial charge is 0.320 e. The molecule has 0 unspecified atom stereocenters. The van der Waals surface area contributed by atoms with Gasteiger partial charge in [0.25, 0.3) is 0 Å². The van der Waals surface area contributed by atoms with Crippen LogP contribution in [-0.2, 0) is 0 Å². The first-order valence-electron chi connectivity index (χ1n) is 6.09. The molecule has 0 aliphatic heterocycles. The molecule has 1 aliphatic rings. The van der Waals surface area contributed by atoms with E-state index in [4.69, 9.17) is 0 Å². The number of nitrogens with zero attached hydrogens (tertiary/aromatic N) is 1. The summed E-state index contributed by atoms with van der Waals surface area (Å²) in [5.74, 6) is 0.969. The van der Waals surface area contributed by atoms with Crippen molar-refractivity contribution in [3.05, 3.63) is 0 Å². The molecule has 0 aromatic rings. The molecule has 2 nitrogen and oxygen atoms in total. The van der Waals surface area contributed by atoms with Gasteiger partial charge in [0.05, 0.1) is 0 Å². The fraction of sp³-hybridized carbons (Fsp3) is 1.00. The van der Waals surface area contributed by atoms with Crippen molar-refractivity contribution in [1.29, 1.82) is 0 Å². The first-order valence-corrected chi connectivity index (χ1v) is 6.09. The van der Waals surface area contributed by atoms with Crippen molar-refractivity contribution < 1.29 is 0 Å². The predicted molar refractivity (Wildman–Crippen MR) is 62.6 cm³/mol. The van der Waals surface area contributed by atoms with Gasteiger partial charge < -0.3 is 10.2 Å². The number of hydrogen-bond donors (Lipinski definition) is 1. The summed E-state index contributed by atoms with van der Waals surface area (Å²) in [6, 6.07) is 0.864. The molecule has 0 spiro atoms. The Balaban J connectivity index is 2.13. The lowest BCUT2D eigenvalue weighted by Gasteiger charge is -2.33. The minimum atomic E-state index is 0.864. The lowest BCUT2D eigenvalue weighted by molar-refractivity contribution is 0.169. The average molecular weight is 198 g/mol. The van der Waals surface area contributed by atoms with Crippen molar-refractivity contribution in [2.24, 2.45) is 5.92 Å². The lowest BCUT2D eigenvalue weighted by atomic mass is 9.87. The van der Waals surface area contributed by atoms with Crippen LogP contribution in [-0.4, -0.2) is 38.1 Å². The SMILES string of the molecule is CNCCCN(C)[C@H]1CC[C@H](C)CC1. The van der Waals surface area contributed by atoms with E-state index in [9.17, 15) is 0 Å². The van der Waals surface area contributed by atoms with Crippen LogP contribution in [0.4, 0.5) is 0 Å². The van der Waals surface area contributed by atoms with Crippen LogP contribution in [0.1, 0.15) is 39.0 Å². The fourth-order valence-corrected chi connectivity index (χ4v) is 2.37. The Bertz CT molecular complexity index is 139. The number of hydrogen-bond acceptors (Lipinski definition) is 2. The molecule has 1 fully saturated rings. The molecule has 0 amide bonds. The highest BCUT2D eigenvalue weighted by Crippen LogP contribution is 2.26. The van der Waals surface area contributed by atoms with E-state index >= 15 is 0 Å². The molecule has 0 atom stereocenters. The summed E-state index contributed by atoms with van der Waals surface area (Å²) in [6.07, 6.45) is 6.97. The highest BCUT2D eigenvalue weighted by molar-refractivity contribution is 4.76. The van der Waals surface area contributed by atoms with Gasteiger partial charge in [0, 0.05) is 6.04 Å². The quantitative estimate of drug-likeness (QED) is 0.681. The molecule has 0 aromatic carbocycles. The molecule has 84 valence electrons. The topological polar surface area (TPSA) is 15.3 Å². The van der Waals surface area contributed by atoms with Gasteiger partial charge in [-0.25, -0.2) is 0 Å². The van der Waals surface area contributed by atoms with Gasteiger partial charge in [-0.15, -0.1) is 0 Å². The number of rotatable bonds is 5. The second kappa shape index (κ2) is 6.41. The summed E-state index contributed by atoms with van der Waals surface area (Å²) in [7, 11) is 4.32. The van der Waals surface area contributed by atoms with E-state index in [-0.39, 0.29) is 0 Å². The van der Waals surface area contributed by atoms with E-state index in [1.165, 1.54) is 38.6 Å². The van der Waals surface area contributed by atoms with Crippen LogP contribution >= 0.6 is 0 Å². The van der Waals surface area contributed by atoms with Crippen molar-refractivity contribution >= 4 is 0 Å². The molecule has 1 rings (SSSR count). The molecule has 1 N–H and O–H groups in total. The van der Waals surface area contributed by atoms with Crippen LogP contribution in [0.15, 0.2) is 0 Å². The van der Waals surface area contributed by atoms with E-state index < -0.39 is 0 Å². The minimum absolute atomic E-state index is 0.864.